The van der Waals surface area contributed by atoms with E-state index in [2.05, 4.69) is 42.3 Å². The van der Waals surface area contributed by atoms with Gasteiger partial charge in [0.25, 0.3) is 0 Å². The number of aryl methyl sites for hydroxylation is 1. The van der Waals surface area contributed by atoms with Crippen LogP contribution >= 0.6 is 11.6 Å². The first kappa shape index (κ1) is 21.0. The molecule has 28 heavy (non-hydrogen) atoms. The molecule has 1 unspecified atom stereocenters. The number of nitrogens with zero attached hydrogens (tertiary/aromatic N) is 1. The molecule has 0 saturated carbocycles. The minimum absolute atomic E-state index is 0.487. The molecular weight excluding hydrogens is 372 g/mol. The summed E-state index contributed by atoms with van der Waals surface area (Å²) in [6.07, 6.45) is 2.56. The largest absolute Gasteiger partial charge is 0.493 e. The van der Waals surface area contributed by atoms with Crippen LogP contribution in [0.25, 0.3) is 0 Å². The monoisotopic (exact) mass is 402 g/mol. The predicted octanol–water partition coefficient (Wildman–Crippen LogP) is 4.81. The van der Waals surface area contributed by atoms with E-state index in [9.17, 15) is 0 Å². The molecule has 1 N–H and O–H groups in total. The van der Waals surface area contributed by atoms with Crippen LogP contribution in [0.3, 0.4) is 0 Å². The van der Waals surface area contributed by atoms with E-state index in [1.165, 1.54) is 24.9 Å². The van der Waals surface area contributed by atoms with Gasteiger partial charge in [0, 0.05) is 30.2 Å². The quantitative estimate of drug-likeness (QED) is 0.652. The van der Waals surface area contributed by atoms with E-state index in [0.29, 0.717) is 29.2 Å². The second kappa shape index (κ2) is 10.1. The fraction of sp³-hybridized carbons (Fsp3) is 0.478. The van der Waals surface area contributed by atoms with Crippen molar-refractivity contribution >= 4 is 11.6 Å². The number of benzene rings is 2. The van der Waals surface area contributed by atoms with Crippen LogP contribution in [0.4, 0.5) is 0 Å². The third-order valence-electron chi connectivity index (χ3n) is 5.41. The van der Waals surface area contributed by atoms with Crippen molar-refractivity contribution in [2.45, 2.75) is 45.9 Å². The van der Waals surface area contributed by atoms with Crippen LogP contribution < -0.4 is 14.8 Å². The maximum absolute atomic E-state index is 6.53. The number of methoxy groups -OCH3 is 1. The molecule has 2 aromatic rings. The maximum Gasteiger partial charge on any atom is 0.163 e. The number of hydrogen-bond acceptors (Lipinski definition) is 4. The number of hydrogen-bond donors (Lipinski definition) is 1. The smallest absolute Gasteiger partial charge is 0.163 e. The van der Waals surface area contributed by atoms with Crippen LogP contribution in [-0.4, -0.2) is 37.7 Å². The van der Waals surface area contributed by atoms with Crippen molar-refractivity contribution in [2.24, 2.45) is 0 Å². The van der Waals surface area contributed by atoms with Gasteiger partial charge in [-0.05, 0) is 50.0 Å². The SMILES string of the molecule is CCN1CCCC1CNCc1cc(OC)c(OCc2cccc(C)c2)cc1Cl. The van der Waals surface area contributed by atoms with E-state index in [-0.39, 0.29) is 0 Å². The third-order valence-corrected chi connectivity index (χ3v) is 5.76. The average molecular weight is 403 g/mol. The van der Waals surface area contributed by atoms with E-state index in [1.807, 2.05) is 18.2 Å². The highest BCUT2D eigenvalue weighted by Gasteiger charge is 2.22. The average Bonchev–Trinajstić information content (AvgIpc) is 3.15. The number of ether oxygens (including phenoxy) is 2. The molecule has 0 radical (unpaired) electrons. The number of nitrogens with one attached hydrogen (secondary N) is 1. The Balaban J connectivity index is 1.60. The summed E-state index contributed by atoms with van der Waals surface area (Å²) in [5.74, 6) is 1.38. The topological polar surface area (TPSA) is 33.7 Å². The van der Waals surface area contributed by atoms with E-state index in [4.69, 9.17) is 21.1 Å². The molecule has 0 spiro atoms. The van der Waals surface area contributed by atoms with Crippen molar-refractivity contribution in [3.8, 4) is 11.5 Å². The Labute approximate surface area is 173 Å². The van der Waals surface area contributed by atoms with Crippen molar-refractivity contribution in [3.63, 3.8) is 0 Å². The molecule has 1 fully saturated rings. The minimum atomic E-state index is 0.487. The number of rotatable bonds is 9. The Morgan fingerprint density at radius 1 is 1.21 bits per heavy atom. The summed E-state index contributed by atoms with van der Waals surface area (Å²) < 4.78 is 11.5. The molecule has 2 aromatic carbocycles. The Bertz CT molecular complexity index is 781. The van der Waals surface area contributed by atoms with Crippen molar-refractivity contribution in [1.29, 1.82) is 0 Å². The van der Waals surface area contributed by atoms with Gasteiger partial charge in [0.2, 0.25) is 0 Å². The normalized spacial score (nSPS) is 17.1. The van der Waals surface area contributed by atoms with E-state index in [1.54, 1.807) is 7.11 Å². The summed E-state index contributed by atoms with van der Waals surface area (Å²) in [4.78, 5) is 2.54. The number of halogens is 1. The van der Waals surface area contributed by atoms with E-state index >= 15 is 0 Å². The number of likely N-dealkylation sites (N-methyl/N-ethyl adjacent to an activating group) is 1. The fourth-order valence-corrected chi connectivity index (χ4v) is 4.08. The van der Waals surface area contributed by atoms with Crippen molar-refractivity contribution in [3.05, 3.63) is 58.1 Å². The maximum atomic E-state index is 6.53. The molecule has 1 atom stereocenters. The van der Waals surface area contributed by atoms with Gasteiger partial charge in [0.1, 0.15) is 6.61 Å². The second-order valence-corrected chi connectivity index (χ2v) is 7.83. The van der Waals surface area contributed by atoms with Crippen molar-refractivity contribution < 1.29 is 9.47 Å². The predicted molar refractivity (Wildman–Crippen MR) is 115 cm³/mol. The van der Waals surface area contributed by atoms with E-state index in [0.717, 1.165) is 30.8 Å². The molecule has 152 valence electrons. The Morgan fingerprint density at radius 3 is 2.82 bits per heavy atom. The lowest BCUT2D eigenvalue weighted by Gasteiger charge is -2.23. The number of likely N-dealkylation sites (tertiary alicyclic amines) is 1. The molecule has 0 amide bonds. The van der Waals surface area contributed by atoms with Crippen LogP contribution in [0.15, 0.2) is 36.4 Å². The molecule has 3 rings (SSSR count). The van der Waals surface area contributed by atoms with Gasteiger partial charge in [-0.2, -0.15) is 0 Å². The van der Waals surface area contributed by atoms with Gasteiger partial charge in [-0.1, -0.05) is 48.4 Å². The summed E-state index contributed by atoms with van der Waals surface area (Å²) >= 11 is 6.53. The van der Waals surface area contributed by atoms with Crippen molar-refractivity contribution in [2.75, 3.05) is 26.7 Å². The van der Waals surface area contributed by atoms with Crippen molar-refractivity contribution in [1.82, 2.24) is 10.2 Å². The minimum Gasteiger partial charge on any atom is -0.493 e. The molecule has 4 nitrogen and oxygen atoms in total. The Hall–Kier alpha value is -1.75. The molecular formula is C23H31ClN2O2. The standard InChI is InChI=1S/C23H31ClN2O2/c1-4-26-10-6-9-20(26)15-25-14-19-12-22(27-3)23(13-21(19)24)28-16-18-8-5-7-17(2)11-18/h5,7-8,11-13,20,25H,4,6,9-10,14-16H2,1-3H3. The lowest BCUT2D eigenvalue weighted by molar-refractivity contribution is 0.260. The third kappa shape index (κ3) is 5.40. The first-order chi connectivity index (χ1) is 13.6. The fourth-order valence-electron chi connectivity index (χ4n) is 3.86. The highest BCUT2D eigenvalue weighted by Crippen LogP contribution is 2.34. The van der Waals surface area contributed by atoms with Gasteiger partial charge in [-0.3, -0.25) is 4.90 Å². The Kier molecular flexibility index (Phi) is 7.60. The van der Waals surface area contributed by atoms with Crippen LogP contribution in [0.2, 0.25) is 5.02 Å². The molecule has 1 aliphatic rings. The van der Waals surface area contributed by atoms with Gasteiger partial charge in [0.05, 0.1) is 7.11 Å². The molecule has 1 aliphatic heterocycles. The highest BCUT2D eigenvalue weighted by molar-refractivity contribution is 6.31. The molecule has 0 aliphatic carbocycles. The Morgan fingerprint density at radius 2 is 2.07 bits per heavy atom. The van der Waals surface area contributed by atoms with Crippen LogP contribution in [0.1, 0.15) is 36.5 Å². The van der Waals surface area contributed by atoms with Gasteiger partial charge in [-0.15, -0.1) is 0 Å². The first-order valence-corrected chi connectivity index (χ1v) is 10.5. The zero-order valence-corrected chi connectivity index (χ0v) is 17.9. The molecule has 1 heterocycles. The van der Waals surface area contributed by atoms with E-state index < -0.39 is 0 Å². The summed E-state index contributed by atoms with van der Waals surface area (Å²) in [5, 5.41) is 4.26. The van der Waals surface area contributed by atoms with Crippen LogP contribution in [0.5, 0.6) is 11.5 Å². The lowest BCUT2D eigenvalue weighted by Crippen LogP contribution is -2.37. The van der Waals surface area contributed by atoms with Gasteiger partial charge in [0.15, 0.2) is 11.5 Å². The summed E-state index contributed by atoms with van der Waals surface area (Å²) in [7, 11) is 1.66. The second-order valence-electron chi connectivity index (χ2n) is 7.43. The summed E-state index contributed by atoms with van der Waals surface area (Å²) in [6, 6.07) is 12.8. The van der Waals surface area contributed by atoms with Crippen LogP contribution in [0, 0.1) is 6.92 Å². The van der Waals surface area contributed by atoms with Crippen LogP contribution in [-0.2, 0) is 13.2 Å². The van der Waals surface area contributed by atoms with Gasteiger partial charge >= 0.3 is 0 Å². The molecule has 0 bridgehead atoms. The lowest BCUT2D eigenvalue weighted by atomic mass is 10.1. The van der Waals surface area contributed by atoms with Gasteiger partial charge < -0.3 is 14.8 Å². The van der Waals surface area contributed by atoms with Gasteiger partial charge in [-0.25, -0.2) is 0 Å². The highest BCUT2D eigenvalue weighted by atomic mass is 35.5. The first-order valence-electron chi connectivity index (χ1n) is 10.1. The zero-order valence-electron chi connectivity index (χ0n) is 17.1. The molecule has 1 saturated heterocycles. The summed E-state index contributed by atoms with van der Waals surface area (Å²) in [6.45, 7) is 8.84. The zero-order chi connectivity index (χ0) is 19.9. The summed E-state index contributed by atoms with van der Waals surface area (Å²) in [5.41, 5.74) is 3.37. The molecule has 5 heteroatoms. The molecule has 0 aromatic heterocycles.